The Bertz CT molecular complexity index is 733. The van der Waals surface area contributed by atoms with Crippen LogP contribution in [0.5, 0.6) is 0 Å². The molecule has 25 heavy (non-hydrogen) atoms. The summed E-state index contributed by atoms with van der Waals surface area (Å²) in [4.78, 5) is 19.2. The number of pyridine rings is 1. The Kier molecular flexibility index (Phi) is 5.35. The summed E-state index contributed by atoms with van der Waals surface area (Å²) in [7, 11) is 0. The number of piperazine rings is 1. The monoisotopic (exact) mass is 344 g/mol. The predicted octanol–water partition coefficient (Wildman–Crippen LogP) is 3.01. The molecule has 1 saturated heterocycles. The summed E-state index contributed by atoms with van der Waals surface area (Å²) in [6, 6.07) is 8.28. The minimum absolute atomic E-state index is 0.147. The second-order valence-electron chi connectivity index (χ2n) is 6.27. The highest BCUT2D eigenvalue weighted by atomic mass is 19.1. The maximum Gasteiger partial charge on any atom is 0.276 e. The van der Waals surface area contributed by atoms with Crippen molar-refractivity contribution in [3.63, 3.8) is 0 Å². The quantitative estimate of drug-likeness (QED) is 0.616. The zero-order chi connectivity index (χ0) is 17.8. The minimum atomic E-state index is -0.515. The summed E-state index contributed by atoms with van der Waals surface area (Å²) in [5, 5.41) is 11.1. The Hall–Kier alpha value is -2.38. The Morgan fingerprint density at radius 2 is 2.00 bits per heavy atom. The highest BCUT2D eigenvalue weighted by Crippen LogP contribution is 2.25. The molecule has 0 bridgehead atoms. The minimum Gasteiger partial charge on any atom is -0.296 e. The smallest absolute Gasteiger partial charge is 0.276 e. The Balaban J connectivity index is 1.63. The lowest BCUT2D eigenvalue weighted by Gasteiger charge is -2.38. The second kappa shape index (κ2) is 7.67. The van der Waals surface area contributed by atoms with Gasteiger partial charge < -0.3 is 0 Å². The van der Waals surface area contributed by atoms with Crippen LogP contribution in [0.15, 0.2) is 42.7 Å². The lowest BCUT2D eigenvalue weighted by atomic mass is 10.1. The number of hydrogen-bond donors (Lipinski definition) is 0. The second-order valence-corrected chi connectivity index (χ2v) is 6.27. The molecule has 1 aromatic heterocycles. The van der Waals surface area contributed by atoms with E-state index in [9.17, 15) is 14.5 Å². The summed E-state index contributed by atoms with van der Waals surface area (Å²) >= 11 is 0. The van der Waals surface area contributed by atoms with E-state index in [0.29, 0.717) is 0 Å². The molecule has 0 amide bonds. The number of hydrogen-bond acceptors (Lipinski definition) is 5. The van der Waals surface area contributed by atoms with Crippen LogP contribution in [-0.2, 0) is 6.54 Å². The predicted molar refractivity (Wildman–Crippen MR) is 92.6 cm³/mol. The molecule has 132 valence electrons. The fourth-order valence-electron chi connectivity index (χ4n) is 3.24. The summed E-state index contributed by atoms with van der Waals surface area (Å²) in [5.74, 6) is -0.514. The van der Waals surface area contributed by atoms with Gasteiger partial charge in [0.1, 0.15) is 5.82 Å². The third-order valence-corrected chi connectivity index (χ3v) is 4.79. The van der Waals surface area contributed by atoms with Crippen molar-refractivity contribution in [3.05, 3.63) is 69.8 Å². The highest BCUT2D eigenvalue weighted by Gasteiger charge is 2.25. The Labute approximate surface area is 146 Å². The van der Waals surface area contributed by atoms with Gasteiger partial charge in [0.25, 0.3) is 5.69 Å². The third-order valence-electron chi connectivity index (χ3n) is 4.79. The van der Waals surface area contributed by atoms with E-state index < -0.39 is 10.7 Å². The van der Waals surface area contributed by atoms with Crippen LogP contribution >= 0.6 is 0 Å². The van der Waals surface area contributed by atoms with Crippen molar-refractivity contribution in [2.45, 2.75) is 19.5 Å². The molecular weight excluding hydrogens is 323 g/mol. The SMILES string of the molecule is C[C@H](c1cccnc1)N1CCN(Cc2c(F)cccc2[N+](=O)[O-])CC1. The standard InChI is InChI=1S/C18H21FN4O2/c1-14(15-4-3-7-20-12-15)22-10-8-21(9-11-22)13-16-17(19)5-2-6-18(16)23(24)25/h2-7,12,14H,8-11,13H2,1H3/t14-/m1/s1. The van der Waals surface area contributed by atoms with Gasteiger partial charge in [0.15, 0.2) is 0 Å². The van der Waals surface area contributed by atoms with E-state index in [0.717, 1.165) is 26.2 Å². The number of rotatable bonds is 5. The molecule has 2 heterocycles. The number of halogens is 1. The van der Waals surface area contributed by atoms with Crippen molar-refractivity contribution in [1.82, 2.24) is 14.8 Å². The molecule has 1 aliphatic heterocycles. The first-order valence-electron chi connectivity index (χ1n) is 8.34. The molecule has 0 spiro atoms. The van der Waals surface area contributed by atoms with Gasteiger partial charge in [-0.1, -0.05) is 12.1 Å². The summed E-state index contributed by atoms with van der Waals surface area (Å²) in [5.41, 5.74) is 1.19. The lowest BCUT2D eigenvalue weighted by Crippen LogP contribution is -2.46. The van der Waals surface area contributed by atoms with E-state index in [1.54, 1.807) is 6.20 Å². The van der Waals surface area contributed by atoms with Gasteiger partial charge in [-0.3, -0.25) is 24.9 Å². The molecule has 3 rings (SSSR count). The van der Waals surface area contributed by atoms with Gasteiger partial charge in [-0.15, -0.1) is 0 Å². The molecule has 0 N–H and O–H groups in total. The van der Waals surface area contributed by atoms with Crippen LogP contribution < -0.4 is 0 Å². The van der Waals surface area contributed by atoms with Gasteiger partial charge in [0.2, 0.25) is 0 Å². The summed E-state index contributed by atoms with van der Waals surface area (Å²) < 4.78 is 14.0. The molecule has 1 aliphatic rings. The fraction of sp³-hybridized carbons (Fsp3) is 0.389. The average Bonchev–Trinajstić information content (AvgIpc) is 2.64. The highest BCUT2D eigenvalue weighted by molar-refractivity contribution is 5.40. The number of nitrogens with zero attached hydrogens (tertiary/aromatic N) is 4. The van der Waals surface area contributed by atoms with Crippen molar-refractivity contribution in [3.8, 4) is 0 Å². The topological polar surface area (TPSA) is 62.5 Å². The van der Waals surface area contributed by atoms with Crippen LogP contribution in [0.2, 0.25) is 0 Å². The number of aromatic nitrogens is 1. The molecule has 1 fully saturated rings. The van der Waals surface area contributed by atoms with Crippen molar-refractivity contribution in [1.29, 1.82) is 0 Å². The molecule has 0 aliphatic carbocycles. The van der Waals surface area contributed by atoms with Gasteiger partial charge >= 0.3 is 0 Å². The molecule has 7 heteroatoms. The van der Waals surface area contributed by atoms with Crippen LogP contribution in [0.3, 0.4) is 0 Å². The Morgan fingerprint density at radius 1 is 1.24 bits per heavy atom. The summed E-state index contributed by atoms with van der Waals surface area (Å²) in [6.45, 7) is 5.56. The number of nitro benzene ring substituents is 1. The number of benzene rings is 1. The van der Waals surface area contributed by atoms with E-state index in [1.807, 2.05) is 12.3 Å². The number of nitro groups is 1. The molecule has 6 nitrogen and oxygen atoms in total. The maximum absolute atomic E-state index is 14.0. The lowest BCUT2D eigenvalue weighted by molar-refractivity contribution is -0.386. The molecule has 0 saturated carbocycles. The van der Waals surface area contributed by atoms with Crippen LogP contribution in [0.25, 0.3) is 0 Å². The van der Waals surface area contributed by atoms with Gasteiger partial charge in [-0.25, -0.2) is 4.39 Å². The molecule has 0 radical (unpaired) electrons. The van der Waals surface area contributed by atoms with E-state index in [4.69, 9.17) is 0 Å². The van der Waals surface area contributed by atoms with Gasteiger partial charge in [-0.05, 0) is 24.6 Å². The van der Waals surface area contributed by atoms with Crippen molar-refractivity contribution >= 4 is 5.69 Å². The normalized spacial score (nSPS) is 17.4. The van der Waals surface area contributed by atoms with Gasteiger partial charge in [-0.2, -0.15) is 0 Å². The van der Waals surface area contributed by atoms with Crippen molar-refractivity contribution in [2.24, 2.45) is 0 Å². The fourth-order valence-corrected chi connectivity index (χ4v) is 3.24. The first-order chi connectivity index (χ1) is 12.1. The zero-order valence-electron chi connectivity index (χ0n) is 14.1. The first-order valence-corrected chi connectivity index (χ1v) is 8.34. The zero-order valence-corrected chi connectivity index (χ0v) is 14.1. The summed E-state index contributed by atoms with van der Waals surface area (Å²) in [6.07, 6.45) is 3.63. The molecule has 0 unspecified atom stereocenters. The van der Waals surface area contributed by atoms with Crippen LogP contribution in [-0.4, -0.2) is 45.9 Å². The van der Waals surface area contributed by atoms with Gasteiger partial charge in [0.05, 0.1) is 10.5 Å². The van der Waals surface area contributed by atoms with E-state index in [1.165, 1.54) is 23.8 Å². The van der Waals surface area contributed by atoms with E-state index in [-0.39, 0.29) is 23.8 Å². The molecule has 1 aromatic carbocycles. The van der Waals surface area contributed by atoms with Crippen molar-refractivity contribution in [2.75, 3.05) is 26.2 Å². The molecule has 2 aromatic rings. The first kappa shape index (κ1) is 17.4. The molecule has 1 atom stereocenters. The van der Waals surface area contributed by atoms with Crippen LogP contribution in [0.4, 0.5) is 10.1 Å². The Morgan fingerprint density at radius 3 is 2.64 bits per heavy atom. The van der Waals surface area contributed by atoms with E-state index >= 15 is 0 Å². The van der Waals surface area contributed by atoms with E-state index in [2.05, 4.69) is 27.8 Å². The van der Waals surface area contributed by atoms with Crippen molar-refractivity contribution < 1.29 is 9.31 Å². The van der Waals surface area contributed by atoms with Gasteiger partial charge in [0, 0.05) is 57.2 Å². The van der Waals surface area contributed by atoms with Crippen LogP contribution in [0.1, 0.15) is 24.1 Å². The maximum atomic E-state index is 14.0. The van der Waals surface area contributed by atoms with Crippen LogP contribution in [0, 0.1) is 15.9 Å². The largest absolute Gasteiger partial charge is 0.296 e. The third kappa shape index (κ3) is 4.00. The molecular formula is C18H21FN4O2. The average molecular weight is 344 g/mol.